The Kier molecular flexibility index (Phi) is 5.29. The van der Waals surface area contributed by atoms with Crippen LogP contribution in [0.15, 0.2) is 82.9 Å². The second kappa shape index (κ2) is 8.55. The Labute approximate surface area is 184 Å². The minimum atomic E-state index is 0.399. The van der Waals surface area contributed by atoms with Crippen LogP contribution in [-0.4, -0.2) is 26.2 Å². The molecular formula is C25H22N4O3. The zero-order chi connectivity index (χ0) is 21.9. The molecule has 7 nitrogen and oxygen atoms in total. The number of hydrogen-bond donors (Lipinski definition) is 1. The highest BCUT2D eigenvalue weighted by Gasteiger charge is 2.10. The van der Waals surface area contributed by atoms with Crippen molar-refractivity contribution in [3.8, 4) is 17.2 Å². The third-order valence-corrected chi connectivity index (χ3v) is 5.33. The van der Waals surface area contributed by atoms with Crippen LogP contribution in [0.25, 0.3) is 27.9 Å². The molecule has 4 aromatic heterocycles. The summed E-state index contributed by atoms with van der Waals surface area (Å²) in [5.74, 6) is 1.22. The average Bonchev–Trinajstić information content (AvgIpc) is 3.29. The zero-order valence-corrected chi connectivity index (χ0v) is 17.6. The van der Waals surface area contributed by atoms with Crippen molar-refractivity contribution in [1.29, 1.82) is 0 Å². The van der Waals surface area contributed by atoms with Gasteiger partial charge in [0.05, 0.1) is 18.3 Å². The molecule has 0 unspecified atom stereocenters. The highest BCUT2D eigenvalue weighted by Crippen LogP contribution is 2.24. The topological polar surface area (TPSA) is 85.2 Å². The number of ether oxygens (including phenoxy) is 1. The maximum Gasteiger partial charge on any atom is 0.155 e. The number of rotatable bonds is 6. The Hall–Kier alpha value is -4.13. The lowest BCUT2D eigenvalue weighted by Crippen LogP contribution is -2.05. The maximum absolute atomic E-state index is 9.61. The third kappa shape index (κ3) is 4.05. The largest absolute Gasteiger partial charge is 0.494 e. The van der Waals surface area contributed by atoms with Gasteiger partial charge in [-0.1, -0.05) is 5.16 Å². The Morgan fingerprint density at radius 1 is 1.09 bits per heavy atom. The summed E-state index contributed by atoms with van der Waals surface area (Å²) in [5, 5.41) is 14.1. The van der Waals surface area contributed by atoms with E-state index in [0.29, 0.717) is 40.1 Å². The van der Waals surface area contributed by atoms with Crippen molar-refractivity contribution in [2.24, 2.45) is 5.16 Å². The van der Waals surface area contributed by atoms with E-state index in [0.717, 1.165) is 24.1 Å². The van der Waals surface area contributed by atoms with Gasteiger partial charge in [0.1, 0.15) is 22.4 Å². The van der Waals surface area contributed by atoms with Gasteiger partial charge in [0.2, 0.25) is 0 Å². The fourth-order valence-corrected chi connectivity index (χ4v) is 3.74. The lowest BCUT2D eigenvalue weighted by atomic mass is 10.1. The van der Waals surface area contributed by atoms with Gasteiger partial charge >= 0.3 is 0 Å². The van der Waals surface area contributed by atoms with Gasteiger partial charge < -0.3 is 18.8 Å². The SMILES string of the molecule is Cc1cc(CCCOc2ccc3oc(-c4cc5cccn5cn4)c/c(=N\O)c3c2)ccn1. The van der Waals surface area contributed by atoms with Gasteiger partial charge in [-0.25, -0.2) is 4.98 Å². The molecule has 0 saturated carbocycles. The molecule has 32 heavy (non-hydrogen) atoms. The number of nitrogens with zero attached hydrogens (tertiary/aromatic N) is 4. The third-order valence-electron chi connectivity index (χ3n) is 5.33. The van der Waals surface area contributed by atoms with E-state index in [4.69, 9.17) is 9.15 Å². The standard InChI is InChI=1S/C25H22N4O3/c1-17-12-18(8-9-26-17)4-3-11-31-20-6-7-24-21(14-20)22(28-30)15-25(32-24)23-13-19-5-2-10-29(19)16-27-23/h2,5-10,12-16,30H,3-4,11H2,1H3/b28-22+. The number of fused-ring (bicyclic) bond motifs is 2. The van der Waals surface area contributed by atoms with E-state index in [1.807, 2.05) is 66.2 Å². The number of aryl methyl sites for hydroxylation is 2. The highest BCUT2D eigenvalue weighted by molar-refractivity contribution is 5.80. The molecule has 7 heteroatoms. The highest BCUT2D eigenvalue weighted by atomic mass is 16.5. The molecule has 0 amide bonds. The summed E-state index contributed by atoms with van der Waals surface area (Å²) < 4.78 is 13.9. The van der Waals surface area contributed by atoms with Crippen LogP contribution in [0, 0.1) is 6.92 Å². The monoisotopic (exact) mass is 426 g/mol. The number of pyridine rings is 1. The first-order valence-electron chi connectivity index (χ1n) is 10.4. The molecule has 0 atom stereocenters. The van der Waals surface area contributed by atoms with Crippen LogP contribution in [-0.2, 0) is 6.42 Å². The van der Waals surface area contributed by atoms with Crippen LogP contribution in [0.2, 0.25) is 0 Å². The first-order chi connectivity index (χ1) is 15.7. The molecule has 4 heterocycles. The van der Waals surface area contributed by atoms with Gasteiger partial charge in [-0.05, 0) is 73.9 Å². The summed E-state index contributed by atoms with van der Waals surface area (Å²) in [6.07, 6.45) is 7.29. The molecule has 1 N–H and O–H groups in total. The van der Waals surface area contributed by atoms with E-state index in [-0.39, 0.29) is 0 Å². The molecule has 0 saturated heterocycles. The van der Waals surface area contributed by atoms with Crippen molar-refractivity contribution in [1.82, 2.24) is 14.4 Å². The molecule has 0 aliphatic rings. The first-order valence-corrected chi connectivity index (χ1v) is 10.4. The van der Waals surface area contributed by atoms with E-state index >= 15 is 0 Å². The van der Waals surface area contributed by atoms with Gasteiger partial charge in [-0.2, -0.15) is 0 Å². The van der Waals surface area contributed by atoms with Crippen molar-refractivity contribution < 1.29 is 14.4 Å². The van der Waals surface area contributed by atoms with Crippen LogP contribution in [0.1, 0.15) is 17.7 Å². The van der Waals surface area contributed by atoms with Crippen LogP contribution in [0.4, 0.5) is 0 Å². The van der Waals surface area contributed by atoms with Crippen LogP contribution >= 0.6 is 0 Å². The molecule has 5 aromatic rings. The lowest BCUT2D eigenvalue weighted by molar-refractivity contribution is 0.302. The second-order valence-electron chi connectivity index (χ2n) is 7.63. The Balaban J connectivity index is 1.36. The summed E-state index contributed by atoms with van der Waals surface area (Å²) >= 11 is 0. The Bertz CT molecular complexity index is 1470. The fourth-order valence-electron chi connectivity index (χ4n) is 3.74. The first kappa shape index (κ1) is 19.8. The predicted octanol–water partition coefficient (Wildman–Crippen LogP) is 4.75. The minimum Gasteiger partial charge on any atom is -0.494 e. The molecule has 5 rings (SSSR count). The van der Waals surface area contributed by atoms with Crippen molar-refractivity contribution in [3.05, 3.63) is 89.9 Å². The van der Waals surface area contributed by atoms with Crippen molar-refractivity contribution >= 4 is 16.5 Å². The van der Waals surface area contributed by atoms with Gasteiger partial charge in [0, 0.05) is 29.7 Å². The van der Waals surface area contributed by atoms with Gasteiger partial charge in [0.25, 0.3) is 0 Å². The van der Waals surface area contributed by atoms with Crippen LogP contribution < -0.4 is 10.1 Å². The van der Waals surface area contributed by atoms with E-state index < -0.39 is 0 Å². The van der Waals surface area contributed by atoms with Gasteiger partial charge in [-0.15, -0.1) is 0 Å². The van der Waals surface area contributed by atoms with Crippen molar-refractivity contribution in [2.75, 3.05) is 6.61 Å². The number of hydrogen-bond acceptors (Lipinski definition) is 6. The molecule has 0 aliphatic heterocycles. The molecular weight excluding hydrogens is 404 g/mol. The van der Waals surface area contributed by atoms with E-state index in [2.05, 4.69) is 21.2 Å². The molecule has 0 radical (unpaired) electrons. The summed E-state index contributed by atoms with van der Waals surface area (Å²) in [4.78, 5) is 8.67. The summed E-state index contributed by atoms with van der Waals surface area (Å²) in [5.41, 5.74) is 4.52. The fraction of sp³-hybridized carbons (Fsp3) is 0.160. The van der Waals surface area contributed by atoms with Crippen molar-refractivity contribution in [2.45, 2.75) is 19.8 Å². The smallest absolute Gasteiger partial charge is 0.155 e. The van der Waals surface area contributed by atoms with E-state index in [1.54, 1.807) is 12.4 Å². The molecule has 1 aromatic carbocycles. The van der Waals surface area contributed by atoms with Gasteiger partial charge in [0.15, 0.2) is 5.76 Å². The molecule has 0 spiro atoms. The summed E-state index contributed by atoms with van der Waals surface area (Å²) in [6, 6.07) is 17.2. The Morgan fingerprint density at radius 2 is 2.03 bits per heavy atom. The molecule has 0 aliphatic carbocycles. The predicted molar refractivity (Wildman–Crippen MR) is 121 cm³/mol. The average molecular weight is 426 g/mol. The number of benzene rings is 1. The number of aromatic nitrogens is 3. The summed E-state index contributed by atoms with van der Waals surface area (Å²) in [6.45, 7) is 2.57. The van der Waals surface area contributed by atoms with E-state index in [1.165, 1.54) is 5.56 Å². The lowest BCUT2D eigenvalue weighted by Gasteiger charge is -2.09. The Morgan fingerprint density at radius 3 is 2.91 bits per heavy atom. The quantitative estimate of drug-likeness (QED) is 0.241. The zero-order valence-electron chi connectivity index (χ0n) is 17.6. The van der Waals surface area contributed by atoms with Gasteiger partial charge in [-0.3, -0.25) is 4.98 Å². The van der Waals surface area contributed by atoms with Crippen LogP contribution in [0.5, 0.6) is 5.75 Å². The van der Waals surface area contributed by atoms with Crippen LogP contribution in [0.3, 0.4) is 0 Å². The molecule has 0 bridgehead atoms. The maximum atomic E-state index is 9.61. The molecule has 160 valence electrons. The second-order valence-corrected chi connectivity index (χ2v) is 7.63. The normalized spacial score (nSPS) is 12.0. The van der Waals surface area contributed by atoms with E-state index in [9.17, 15) is 5.21 Å². The van der Waals surface area contributed by atoms with Crippen molar-refractivity contribution in [3.63, 3.8) is 0 Å². The molecule has 0 fully saturated rings. The summed E-state index contributed by atoms with van der Waals surface area (Å²) in [7, 11) is 0. The minimum absolute atomic E-state index is 0.399.